The van der Waals surface area contributed by atoms with E-state index < -0.39 is 0 Å². The van der Waals surface area contributed by atoms with Crippen molar-refractivity contribution < 1.29 is 70.4 Å². The minimum absolute atomic E-state index is 0. The zero-order chi connectivity index (χ0) is 0. The van der Waals surface area contributed by atoms with Crippen LogP contribution in [-0.4, -0.2) is 59.1 Å². The largest absolute Gasteiger partial charge is 0 e. The van der Waals surface area contributed by atoms with Crippen molar-refractivity contribution in [2.24, 2.45) is 0 Å². The molecular formula is H2CrCuNa2NiZn. The van der Waals surface area contributed by atoms with E-state index in [2.05, 4.69) is 0 Å². The molecule has 0 bridgehead atoms. The summed E-state index contributed by atoms with van der Waals surface area (Å²) in [5, 5.41) is 0. The zero-order valence-corrected chi connectivity index (χ0v) is 7.90. The summed E-state index contributed by atoms with van der Waals surface area (Å²) < 4.78 is 0. The van der Waals surface area contributed by atoms with Crippen LogP contribution in [0.3, 0.4) is 0 Å². The molecule has 0 nitrogen and oxygen atoms in total. The van der Waals surface area contributed by atoms with Crippen molar-refractivity contribution in [2.45, 2.75) is 0 Å². The molecule has 0 aromatic heterocycles. The molecule has 0 aromatic rings. The molecule has 33 valence electrons. The Kier molecular flexibility index (Phi) is 289. The summed E-state index contributed by atoms with van der Waals surface area (Å²) in [7, 11) is 0. The van der Waals surface area contributed by atoms with Gasteiger partial charge in [0.05, 0.1) is 0 Å². The molecule has 0 spiro atoms. The maximum atomic E-state index is 0. The molecule has 0 amide bonds. The number of rotatable bonds is 0. The molecule has 0 fully saturated rings. The van der Waals surface area contributed by atoms with E-state index in [0.29, 0.717) is 0 Å². The topological polar surface area (TPSA) is 0 Å². The summed E-state index contributed by atoms with van der Waals surface area (Å²) in [6.07, 6.45) is 0. The molecule has 6 heavy (non-hydrogen) atoms. The minimum Gasteiger partial charge on any atom is 0 e. The Labute approximate surface area is 127 Å². The smallest absolute Gasteiger partial charge is 0 e. The van der Waals surface area contributed by atoms with Gasteiger partial charge in [-0.05, 0) is 0 Å². The van der Waals surface area contributed by atoms with Crippen molar-refractivity contribution in [1.82, 2.24) is 0 Å². The fourth-order valence-corrected chi connectivity index (χ4v) is 0. The van der Waals surface area contributed by atoms with Crippen LogP contribution in [0, 0.1) is 0 Å². The van der Waals surface area contributed by atoms with E-state index in [9.17, 15) is 0 Å². The van der Waals surface area contributed by atoms with Gasteiger partial charge in [-0.1, -0.05) is 0 Å². The SMILES string of the molecule is [Cr].[Cu].[NaH].[NaH].[Ni].[Zn]. The summed E-state index contributed by atoms with van der Waals surface area (Å²) >= 11 is 0. The Bertz CT molecular complexity index is 13.5. The predicted molar refractivity (Wildman–Crippen MR) is 14.3 cm³/mol. The Morgan fingerprint density at radius 2 is 0.833 bits per heavy atom. The van der Waals surface area contributed by atoms with Crippen molar-refractivity contribution >= 4 is 59.1 Å². The van der Waals surface area contributed by atoms with Crippen molar-refractivity contribution in [3.63, 3.8) is 0 Å². The van der Waals surface area contributed by atoms with Gasteiger partial charge in [0.1, 0.15) is 0 Å². The molecule has 0 heterocycles. The van der Waals surface area contributed by atoms with E-state index >= 15 is 0 Å². The van der Waals surface area contributed by atoms with Gasteiger partial charge in [-0.25, -0.2) is 0 Å². The van der Waals surface area contributed by atoms with E-state index in [-0.39, 0.29) is 130 Å². The van der Waals surface area contributed by atoms with Gasteiger partial charge in [0.2, 0.25) is 0 Å². The Morgan fingerprint density at radius 3 is 0.833 bits per heavy atom. The second-order valence-corrected chi connectivity index (χ2v) is 0. The molecule has 0 unspecified atom stereocenters. The monoisotopic (exact) mass is 285 g/mol. The van der Waals surface area contributed by atoms with Crippen LogP contribution in [0.15, 0.2) is 0 Å². The van der Waals surface area contributed by atoms with Crippen LogP contribution in [0.2, 0.25) is 0 Å². The third-order valence-corrected chi connectivity index (χ3v) is 0. The van der Waals surface area contributed by atoms with Gasteiger partial charge in [0, 0.05) is 70.4 Å². The van der Waals surface area contributed by atoms with Gasteiger partial charge in [-0.15, -0.1) is 0 Å². The van der Waals surface area contributed by atoms with Crippen LogP contribution in [0.25, 0.3) is 0 Å². The molecule has 0 N–H and O–H groups in total. The average molecular weight is 288 g/mol. The zero-order valence-electron chi connectivity index (χ0n) is 1.73. The molecule has 0 saturated heterocycles. The second kappa shape index (κ2) is 35.2. The third-order valence-electron chi connectivity index (χ3n) is 0. The van der Waals surface area contributed by atoms with E-state index in [1.54, 1.807) is 0 Å². The molecule has 0 aliphatic heterocycles. The molecule has 0 aliphatic carbocycles. The van der Waals surface area contributed by atoms with Crippen molar-refractivity contribution in [1.29, 1.82) is 0 Å². The fraction of sp³-hybridized carbons (Fsp3) is 0. The first-order valence-electron chi connectivity index (χ1n) is 0. The molecule has 0 atom stereocenters. The maximum absolute atomic E-state index is 0. The summed E-state index contributed by atoms with van der Waals surface area (Å²) in [6.45, 7) is 0. The molecule has 1 radical (unpaired) electrons. The molecule has 0 saturated carbocycles. The van der Waals surface area contributed by atoms with Crippen LogP contribution in [0.5, 0.6) is 0 Å². The average Bonchev–Trinajstić information content (AvgIpc) is 0. The number of hydrogen-bond donors (Lipinski definition) is 0. The quantitative estimate of drug-likeness (QED) is 0.486. The molecule has 0 rings (SSSR count). The molecule has 0 aromatic carbocycles. The summed E-state index contributed by atoms with van der Waals surface area (Å²) in [4.78, 5) is 0. The first-order chi connectivity index (χ1) is 0. The Morgan fingerprint density at radius 1 is 0.833 bits per heavy atom. The summed E-state index contributed by atoms with van der Waals surface area (Å²) in [5.41, 5.74) is 0. The van der Waals surface area contributed by atoms with Gasteiger partial charge in [-0.2, -0.15) is 0 Å². The van der Waals surface area contributed by atoms with Gasteiger partial charge in [0.25, 0.3) is 0 Å². The Hall–Kier alpha value is 4.17. The van der Waals surface area contributed by atoms with Crippen molar-refractivity contribution in [3.05, 3.63) is 0 Å². The first kappa shape index (κ1) is 49.2. The van der Waals surface area contributed by atoms with Crippen LogP contribution >= 0.6 is 0 Å². The predicted octanol–water partition coefficient (Wildman–Crippen LogP) is -1.31. The Balaban J connectivity index is 0. The normalized spacial score (nSPS) is 0. The van der Waals surface area contributed by atoms with E-state index in [1.807, 2.05) is 0 Å². The van der Waals surface area contributed by atoms with Crippen LogP contribution < -0.4 is 0 Å². The number of hydrogen-bond acceptors (Lipinski definition) is 0. The van der Waals surface area contributed by atoms with Crippen molar-refractivity contribution in [3.8, 4) is 0 Å². The molecular weight excluding hydrogens is 286 g/mol. The first-order valence-corrected chi connectivity index (χ1v) is 0. The van der Waals surface area contributed by atoms with Gasteiger partial charge in [-0.3, -0.25) is 0 Å². The summed E-state index contributed by atoms with van der Waals surface area (Å²) in [5.74, 6) is 0. The second-order valence-electron chi connectivity index (χ2n) is 0. The van der Waals surface area contributed by atoms with E-state index in [0.717, 1.165) is 0 Å². The van der Waals surface area contributed by atoms with Gasteiger partial charge < -0.3 is 0 Å². The van der Waals surface area contributed by atoms with Crippen LogP contribution in [0.4, 0.5) is 0 Å². The van der Waals surface area contributed by atoms with Gasteiger partial charge >= 0.3 is 59.1 Å². The van der Waals surface area contributed by atoms with E-state index in [1.165, 1.54) is 0 Å². The molecule has 6 heteroatoms. The fourth-order valence-electron chi connectivity index (χ4n) is 0. The third kappa shape index (κ3) is 24.2. The van der Waals surface area contributed by atoms with Gasteiger partial charge in [0.15, 0.2) is 0 Å². The van der Waals surface area contributed by atoms with E-state index in [4.69, 9.17) is 0 Å². The van der Waals surface area contributed by atoms with Crippen LogP contribution in [0.1, 0.15) is 0 Å². The summed E-state index contributed by atoms with van der Waals surface area (Å²) in [6, 6.07) is 0. The standard InChI is InChI=1S/Cr.Cu.2Na.Ni.Zn.2H. The van der Waals surface area contributed by atoms with Crippen LogP contribution in [-0.2, 0) is 70.4 Å². The van der Waals surface area contributed by atoms with Crippen molar-refractivity contribution in [2.75, 3.05) is 0 Å². The minimum atomic E-state index is 0. The maximum Gasteiger partial charge on any atom is 0 e. The molecule has 0 aliphatic rings.